The fourth-order valence-electron chi connectivity index (χ4n) is 5.95. The van der Waals surface area contributed by atoms with Gasteiger partial charge < -0.3 is 4.98 Å². The minimum absolute atomic E-state index is 0. The molecule has 2 aliphatic carbocycles. The van der Waals surface area contributed by atoms with Gasteiger partial charge in [0.25, 0.3) is 0 Å². The van der Waals surface area contributed by atoms with Crippen LogP contribution in [-0.4, -0.2) is 4.98 Å². The van der Waals surface area contributed by atoms with Crippen molar-refractivity contribution in [1.82, 2.24) is 4.98 Å². The van der Waals surface area contributed by atoms with Crippen molar-refractivity contribution in [2.75, 3.05) is 0 Å². The zero-order valence-electron chi connectivity index (χ0n) is 19.7. The SMILES string of the molecule is C1=CCC=c2c([nH]c3ccc(-c4ccc5c(c4)-c4ccccc4CCC5c4ccccc4)cc23)=C1.[HH]. The first-order valence-corrected chi connectivity index (χ1v) is 12.6. The molecule has 0 fully saturated rings. The number of aryl methyl sites for hydroxylation is 1. The van der Waals surface area contributed by atoms with E-state index in [1.807, 2.05) is 0 Å². The molecule has 0 aliphatic heterocycles. The summed E-state index contributed by atoms with van der Waals surface area (Å²) >= 11 is 0. The van der Waals surface area contributed by atoms with Crippen LogP contribution in [0.25, 0.3) is 45.3 Å². The standard InChI is InChI=1S/C34H27N.H2/c1-3-9-23(10-4-1)28-18-15-24-11-7-8-12-27(24)31-21-25(16-19-29(28)31)26-17-20-34-32(22-26)30-13-5-2-6-14-33(30)35-34;/h1-4,6-14,16-17,19-22,28,35H,5,15,18H2;1H. The summed E-state index contributed by atoms with van der Waals surface area (Å²) in [5, 5.41) is 3.82. The first-order chi connectivity index (χ1) is 17.3. The molecule has 1 N–H and O–H groups in total. The van der Waals surface area contributed by atoms with Crippen LogP contribution >= 0.6 is 0 Å². The Hall–Kier alpha value is -4.10. The molecular weight excluding hydrogens is 422 g/mol. The Bertz CT molecular complexity index is 1720. The molecule has 0 amide bonds. The van der Waals surface area contributed by atoms with Crippen molar-refractivity contribution in [1.29, 1.82) is 0 Å². The van der Waals surface area contributed by atoms with Gasteiger partial charge in [0.05, 0.1) is 0 Å². The van der Waals surface area contributed by atoms with Crippen molar-refractivity contribution in [2.45, 2.75) is 25.2 Å². The van der Waals surface area contributed by atoms with Crippen LogP contribution in [0.4, 0.5) is 0 Å². The number of aromatic nitrogens is 1. The number of rotatable bonds is 2. The first-order valence-electron chi connectivity index (χ1n) is 12.6. The molecule has 7 rings (SSSR count). The highest BCUT2D eigenvalue weighted by Crippen LogP contribution is 2.43. The predicted octanol–water partition coefficient (Wildman–Crippen LogP) is 7.35. The fourth-order valence-corrected chi connectivity index (χ4v) is 5.95. The number of benzene rings is 4. The van der Waals surface area contributed by atoms with Crippen LogP contribution < -0.4 is 10.6 Å². The van der Waals surface area contributed by atoms with Crippen LogP contribution in [0.5, 0.6) is 0 Å². The van der Waals surface area contributed by atoms with E-state index in [1.165, 1.54) is 60.4 Å². The van der Waals surface area contributed by atoms with Gasteiger partial charge in [0.2, 0.25) is 0 Å². The first kappa shape index (κ1) is 20.3. The summed E-state index contributed by atoms with van der Waals surface area (Å²) in [7, 11) is 0. The number of H-pyrrole nitrogens is 1. The van der Waals surface area contributed by atoms with Gasteiger partial charge in [-0.2, -0.15) is 0 Å². The summed E-state index contributed by atoms with van der Waals surface area (Å²) in [4.78, 5) is 3.59. The summed E-state index contributed by atoms with van der Waals surface area (Å²) < 4.78 is 0. The minimum Gasteiger partial charge on any atom is -0.355 e. The molecular formula is C34H29N. The minimum atomic E-state index is 0. The number of aromatic amines is 1. The summed E-state index contributed by atoms with van der Waals surface area (Å²) in [5.41, 5.74) is 10.8. The van der Waals surface area contributed by atoms with Gasteiger partial charge in [0.1, 0.15) is 0 Å². The fraction of sp³-hybridized carbons (Fsp3) is 0.118. The van der Waals surface area contributed by atoms with E-state index in [0.717, 1.165) is 19.3 Å². The molecule has 2 aliphatic rings. The van der Waals surface area contributed by atoms with Gasteiger partial charge in [-0.15, -0.1) is 0 Å². The van der Waals surface area contributed by atoms with Crippen molar-refractivity contribution in [3.8, 4) is 22.3 Å². The van der Waals surface area contributed by atoms with Gasteiger partial charge in [0, 0.05) is 28.8 Å². The van der Waals surface area contributed by atoms with Gasteiger partial charge in [-0.25, -0.2) is 0 Å². The molecule has 0 bridgehead atoms. The molecule has 0 saturated heterocycles. The molecule has 1 heterocycles. The maximum Gasteiger partial charge on any atom is 0.0465 e. The lowest BCUT2D eigenvalue weighted by molar-refractivity contribution is 0.726. The molecule has 0 spiro atoms. The van der Waals surface area contributed by atoms with Crippen LogP contribution in [0.1, 0.15) is 36.9 Å². The lowest BCUT2D eigenvalue weighted by Crippen LogP contribution is -2.21. The molecule has 1 unspecified atom stereocenters. The third-order valence-corrected chi connectivity index (χ3v) is 7.70. The zero-order valence-corrected chi connectivity index (χ0v) is 19.7. The number of fused-ring (bicyclic) bond motifs is 6. The van der Waals surface area contributed by atoms with E-state index in [0.29, 0.717) is 5.92 Å². The van der Waals surface area contributed by atoms with Crippen molar-refractivity contribution in [2.24, 2.45) is 0 Å². The van der Waals surface area contributed by atoms with Crippen molar-refractivity contribution in [3.05, 3.63) is 130 Å². The maximum atomic E-state index is 3.59. The smallest absolute Gasteiger partial charge is 0.0465 e. The van der Waals surface area contributed by atoms with E-state index in [4.69, 9.17) is 0 Å². The molecule has 0 radical (unpaired) electrons. The van der Waals surface area contributed by atoms with E-state index >= 15 is 0 Å². The van der Waals surface area contributed by atoms with E-state index in [9.17, 15) is 0 Å². The maximum absolute atomic E-state index is 3.59. The number of allylic oxidation sites excluding steroid dienone is 2. The molecule has 1 heteroatoms. The zero-order chi connectivity index (χ0) is 23.2. The van der Waals surface area contributed by atoms with Crippen LogP contribution in [0, 0.1) is 0 Å². The molecule has 1 aromatic heterocycles. The summed E-state index contributed by atoms with van der Waals surface area (Å²) in [5.74, 6) is 0.410. The molecule has 0 saturated carbocycles. The van der Waals surface area contributed by atoms with E-state index in [-0.39, 0.29) is 1.43 Å². The second-order valence-corrected chi connectivity index (χ2v) is 9.71. The van der Waals surface area contributed by atoms with Crippen LogP contribution in [-0.2, 0) is 6.42 Å². The largest absolute Gasteiger partial charge is 0.355 e. The van der Waals surface area contributed by atoms with Crippen molar-refractivity contribution in [3.63, 3.8) is 0 Å². The highest BCUT2D eigenvalue weighted by molar-refractivity contribution is 5.88. The van der Waals surface area contributed by atoms with Crippen LogP contribution in [0.2, 0.25) is 0 Å². The summed E-state index contributed by atoms with van der Waals surface area (Å²) in [6, 6.07) is 34.0. The normalized spacial score (nSPS) is 16.3. The van der Waals surface area contributed by atoms with Gasteiger partial charge in [-0.3, -0.25) is 0 Å². The average Bonchev–Trinajstić information content (AvgIpc) is 3.03. The van der Waals surface area contributed by atoms with Gasteiger partial charge in [-0.05, 0) is 82.5 Å². The third-order valence-electron chi connectivity index (χ3n) is 7.70. The topological polar surface area (TPSA) is 15.8 Å². The Morgan fingerprint density at radius 3 is 2.54 bits per heavy atom. The lowest BCUT2D eigenvalue weighted by Gasteiger charge is -2.19. The second kappa shape index (κ2) is 8.29. The third kappa shape index (κ3) is 3.47. The van der Waals surface area contributed by atoms with Crippen molar-refractivity contribution < 1.29 is 1.43 Å². The highest BCUT2D eigenvalue weighted by atomic mass is 14.7. The Morgan fingerprint density at radius 1 is 0.771 bits per heavy atom. The molecule has 35 heavy (non-hydrogen) atoms. The Labute approximate surface area is 207 Å². The Kier molecular flexibility index (Phi) is 4.80. The summed E-state index contributed by atoms with van der Waals surface area (Å²) in [6.45, 7) is 0. The van der Waals surface area contributed by atoms with E-state index in [1.54, 1.807) is 0 Å². The van der Waals surface area contributed by atoms with E-state index < -0.39 is 0 Å². The van der Waals surface area contributed by atoms with E-state index in [2.05, 4.69) is 120 Å². The highest BCUT2D eigenvalue weighted by Gasteiger charge is 2.24. The predicted molar refractivity (Wildman–Crippen MR) is 150 cm³/mol. The molecule has 4 aromatic carbocycles. The van der Waals surface area contributed by atoms with Crippen LogP contribution in [0.3, 0.4) is 0 Å². The Balaban J connectivity index is 0.00000240. The quantitative estimate of drug-likeness (QED) is 0.289. The lowest BCUT2D eigenvalue weighted by atomic mass is 9.84. The average molecular weight is 452 g/mol. The molecule has 170 valence electrons. The van der Waals surface area contributed by atoms with Crippen LogP contribution in [0.15, 0.2) is 103 Å². The Morgan fingerprint density at radius 2 is 1.60 bits per heavy atom. The van der Waals surface area contributed by atoms with Gasteiger partial charge in [0.15, 0.2) is 0 Å². The second-order valence-electron chi connectivity index (χ2n) is 9.71. The molecule has 1 atom stereocenters. The number of hydrogen-bond acceptors (Lipinski definition) is 0. The van der Waals surface area contributed by atoms with Crippen molar-refractivity contribution >= 4 is 23.1 Å². The van der Waals surface area contributed by atoms with Gasteiger partial charge in [-0.1, -0.05) is 91.0 Å². The number of hydrogen-bond donors (Lipinski definition) is 1. The number of nitrogens with one attached hydrogen (secondary N) is 1. The monoisotopic (exact) mass is 451 g/mol. The summed E-state index contributed by atoms with van der Waals surface area (Å²) in [6.07, 6.45) is 12.1. The molecule has 5 aromatic rings. The molecule has 1 nitrogen and oxygen atoms in total. The van der Waals surface area contributed by atoms with Gasteiger partial charge >= 0.3 is 0 Å².